The predicted molar refractivity (Wildman–Crippen MR) is 108 cm³/mol. The van der Waals surface area contributed by atoms with Crippen LogP contribution in [0.2, 0.25) is 0 Å². The molecular formula is C22H22N2O4. The molecule has 0 saturated heterocycles. The van der Waals surface area contributed by atoms with Gasteiger partial charge >= 0.3 is 0 Å². The number of nitrogens with one attached hydrogen (secondary N) is 2. The first-order chi connectivity index (χ1) is 13.6. The van der Waals surface area contributed by atoms with E-state index in [9.17, 15) is 9.59 Å². The summed E-state index contributed by atoms with van der Waals surface area (Å²) in [5, 5.41) is 5.55. The molecule has 1 aromatic heterocycles. The number of hydrogen-bond donors (Lipinski definition) is 2. The van der Waals surface area contributed by atoms with E-state index < -0.39 is 0 Å². The second-order valence-corrected chi connectivity index (χ2v) is 6.32. The van der Waals surface area contributed by atoms with Gasteiger partial charge in [-0.1, -0.05) is 17.7 Å². The van der Waals surface area contributed by atoms with E-state index in [1.54, 1.807) is 36.4 Å². The van der Waals surface area contributed by atoms with E-state index in [4.69, 9.17) is 9.15 Å². The molecule has 6 heteroatoms. The summed E-state index contributed by atoms with van der Waals surface area (Å²) in [6.07, 6.45) is 2.43. The Morgan fingerprint density at radius 2 is 1.61 bits per heavy atom. The molecule has 0 bridgehead atoms. The SMILES string of the molecule is Cc1ccc(OCCCC(=O)Nc2ccc(NC(=O)c3ccco3)cc2)cc1. The summed E-state index contributed by atoms with van der Waals surface area (Å²) in [7, 11) is 0. The molecule has 0 atom stereocenters. The zero-order valence-electron chi connectivity index (χ0n) is 15.6. The van der Waals surface area contributed by atoms with Crippen LogP contribution >= 0.6 is 0 Å². The summed E-state index contributed by atoms with van der Waals surface area (Å²) < 4.78 is 10.7. The second kappa shape index (κ2) is 9.41. The van der Waals surface area contributed by atoms with Crippen molar-refractivity contribution in [2.75, 3.05) is 17.2 Å². The Morgan fingerprint density at radius 3 is 2.25 bits per heavy atom. The van der Waals surface area contributed by atoms with Gasteiger partial charge in [-0.2, -0.15) is 0 Å². The van der Waals surface area contributed by atoms with E-state index in [0.29, 0.717) is 30.8 Å². The van der Waals surface area contributed by atoms with Crippen molar-refractivity contribution >= 4 is 23.2 Å². The van der Waals surface area contributed by atoms with Crippen LogP contribution < -0.4 is 15.4 Å². The highest BCUT2D eigenvalue weighted by molar-refractivity contribution is 6.02. The number of benzene rings is 2. The number of rotatable bonds is 8. The first kappa shape index (κ1) is 19.2. The summed E-state index contributed by atoms with van der Waals surface area (Å²) in [6, 6.07) is 18.0. The second-order valence-electron chi connectivity index (χ2n) is 6.32. The number of hydrogen-bond acceptors (Lipinski definition) is 4. The van der Waals surface area contributed by atoms with Gasteiger partial charge in [0.05, 0.1) is 12.9 Å². The van der Waals surface area contributed by atoms with E-state index in [2.05, 4.69) is 10.6 Å². The van der Waals surface area contributed by atoms with Crippen molar-refractivity contribution in [2.45, 2.75) is 19.8 Å². The Kier molecular flexibility index (Phi) is 6.46. The van der Waals surface area contributed by atoms with Crippen LogP contribution in [-0.4, -0.2) is 18.4 Å². The molecule has 0 fully saturated rings. The first-order valence-electron chi connectivity index (χ1n) is 9.04. The summed E-state index contributed by atoms with van der Waals surface area (Å²) in [5.74, 6) is 0.638. The average molecular weight is 378 g/mol. The predicted octanol–water partition coefficient (Wildman–Crippen LogP) is 4.64. The number of carbonyl (C=O) groups excluding carboxylic acids is 2. The maximum atomic E-state index is 12.0. The lowest BCUT2D eigenvalue weighted by Gasteiger charge is -2.08. The van der Waals surface area contributed by atoms with Crippen molar-refractivity contribution in [3.63, 3.8) is 0 Å². The molecule has 2 aromatic carbocycles. The van der Waals surface area contributed by atoms with Crippen LogP contribution in [0.5, 0.6) is 5.75 Å². The number of carbonyl (C=O) groups is 2. The molecule has 6 nitrogen and oxygen atoms in total. The molecule has 2 N–H and O–H groups in total. The Morgan fingerprint density at radius 1 is 0.929 bits per heavy atom. The summed E-state index contributed by atoms with van der Waals surface area (Å²) in [6.45, 7) is 2.50. The van der Waals surface area contributed by atoms with Crippen molar-refractivity contribution < 1.29 is 18.7 Å². The standard InChI is InChI=1S/C22H22N2O4/c1-16-6-12-19(13-7-16)27-14-3-5-21(25)23-17-8-10-18(11-9-17)24-22(26)20-4-2-15-28-20/h2,4,6-13,15H,3,5,14H2,1H3,(H,23,25)(H,24,26). The minimum atomic E-state index is -0.324. The minimum Gasteiger partial charge on any atom is -0.494 e. The fourth-order valence-electron chi connectivity index (χ4n) is 2.52. The third-order valence-corrected chi connectivity index (χ3v) is 4.01. The summed E-state index contributed by atoms with van der Waals surface area (Å²) in [5.41, 5.74) is 2.46. The molecule has 0 aliphatic heterocycles. The molecule has 0 aliphatic carbocycles. The lowest BCUT2D eigenvalue weighted by atomic mass is 10.2. The first-order valence-corrected chi connectivity index (χ1v) is 9.04. The van der Waals surface area contributed by atoms with Gasteiger partial charge in [-0.3, -0.25) is 9.59 Å². The van der Waals surface area contributed by atoms with Crippen LogP contribution in [0.4, 0.5) is 11.4 Å². The van der Waals surface area contributed by atoms with Gasteiger partial charge in [0.1, 0.15) is 5.75 Å². The van der Waals surface area contributed by atoms with Crippen molar-refractivity contribution in [1.82, 2.24) is 0 Å². The molecule has 1 heterocycles. The average Bonchev–Trinajstić information content (AvgIpc) is 3.23. The van der Waals surface area contributed by atoms with E-state index >= 15 is 0 Å². The Bertz CT molecular complexity index is 901. The maximum Gasteiger partial charge on any atom is 0.291 e. The maximum absolute atomic E-state index is 12.0. The normalized spacial score (nSPS) is 10.3. The van der Waals surface area contributed by atoms with Crippen LogP contribution in [0, 0.1) is 6.92 Å². The third kappa shape index (κ3) is 5.74. The number of anilines is 2. The van der Waals surface area contributed by atoms with Gasteiger partial charge in [-0.25, -0.2) is 0 Å². The van der Waals surface area contributed by atoms with Crippen molar-refractivity contribution in [3.8, 4) is 5.75 Å². The molecule has 144 valence electrons. The molecule has 0 spiro atoms. The lowest BCUT2D eigenvalue weighted by molar-refractivity contribution is -0.116. The Labute approximate surface area is 163 Å². The summed E-state index contributed by atoms with van der Waals surface area (Å²) in [4.78, 5) is 24.0. The van der Waals surface area contributed by atoms with Gasteiger partial charge in [0.15, 0.2) is 5.76 Å². The van der Waals surface area contributed by atoms with Crippen LogP contribution in [0.1, 0.15) is 29.0 Å². The van der Waals surface area contributed by atoms with E-state index in [0.717, 1.165) is 5.75 Å². The molecule has 0 aliphatic rings. The van der Waals surface area contributed by atoms with Crippen LogP contribution in [-0.2, 0) is 4.79 Å². The van der Waals surface area contributed by atoms with Gasteiger partial charge in [0, 0.05) is 17.8 Å². The lowest BCUT2D eigenvalue weighted by Crippen LogP contribution is -2.13. The van der Waals surface area contributed by atoms with Gasteiger partial charge in [-0.05, 0) is 61.9 Å². The smallest absolute Gasteiger partial charge is 0.291 e. The summed E-state index contributed by atoms with van der Waals surface area (Å²) >= 11 is 0. The van der Waals surface area contributed by atoms with Crippen LogP contribution in [0.25, 0.3) is 0 Å². The number of aryl methyl sites for hydroxylation is 1. The van der Waals surface area contributed by atoms with E-state index in [-0.39, 0.29) is 17.6 Å². The Hall–Kier alpha value is -3.54. The molecule has 0 saturated carbocycles. The zero-order chi connectivity index (χ0) is 19.8. The zero-order valence-corrected chi connectivity index (χ0v) is 15.6. The van der Waals surface area contributed by atoms with Crippen molar-refractivity contribution in [2.24, 2.45) is 0 Å². The molecule has 3 rings (SSSR count). The topological polar surface area (TPSA) is 80.6 Å². The van der Waals surface area contributed by atoms with Gasteiger partial charge < -0.3 is 19.8 Å². The molecule has 0 radical (unpaired) electrons. The fraction of sp³-hybridized carbons (Fsp3) is 0.182. The number of furan rings is 1. The highest BCUT2D eigenvalue weighted by atomic mass is 16.5. The molecule has 2 amide bonds. The van der Waals surface area contributed by atoms with Crippen LogP contribution in [0.3, 0.4) is 0 Å². The Balaban J connectivity index is 1.39. The monoisotopic (exact) mass is 378 g/mol. The largest absolute Gasteiger partial charge is 0.494 e. The van der Waals surface area contributed by atoms with E-state index in [1.807, 2.05) is 31.2 Å². The molecule has 3 aromatic rings. The fourth-order valence-corrected chi connectivity index (χ4v) is 2.52. The number of amides is 2. The highest BCUT2D eigenvalue weighted by Crippen LogP contribution is 2.16. The van der Waals surface area contributed by atoms with Gasteiger partial charge in [-0.15, -0.1) is 0 Å². The van der Waals surface area contributed by atoms with Crippen LogP contribution in [0.15, 0.2) is 71.3 Å². The molecule has 28 heavy (non-hydrogen) atoms. The van der Waals surface area contributed by atoms with Gasteiger partial charge in [0.25, 0.3) is 5.91 Å². The molecule has 0 unspecified atom stereocenters. The third-order valence-electron chi connectivity index (χ3n) is 4.01. The molecular weight excluding hydrogens is 356 g/mol. The van der Waals surface area contributed by atoms with Gasteiger partial charge in [0.2, 0.25) is 5.91 Å². The minimum absolute atomic E-state index is 0.0834. The van der Waals surface area contributed by atoms with Crippen molar-refractivity contribution in [1.29, 1.82) is 0 Å². The highest BCUT2D eigenvalue weighted by Gasteiger charge is 2.09. The number of ether oxygens (including phenoxy) is 1. The quantitative estimate of drug-likeness (QED) is 0.560. The van der Waals surface area contributed by atoms with Crippen molar-refractivity contribution in [3.05, 3.63) is 78.3 Å². The van der Waals surface area contributed by atoms with E-state index in [1.165, 1.54) is 11.8 Å².